The van der Waals surface area contributed by atoms with Crippen LogP contribution in [0.15, 0.2) is 0 Å². The number of anilines is 1. The molecule has 0 bridgehead atoms. The molecule has 0 atom stereocenters. The Morgan fingerprint density at radius 2 is 2.22 bits per heavy atom. The molecule has 1 aliphatic rings. The zero-order chi connectivity index (χ0) is 13.1. The van der Waals surface area contributed by atoms with Crippen molar-refractivity contribution in [3.8, 4) is 0 Å². The van der Waals surface area contributed by atoms with Crippen molar-refractivity contribution in [3.05, 3.63) is 16.0 Å². The zero-order valence-corrected chi connectivity index (χ0v) is 10.9. The smallest absolute Gasteiger partial charge is 0.341 e. The van der Waals surface area contributed by atoms with Gasteiger partial charge in [0.05, 0.1) is 12.2 Å². The van der Waals surface area contributed by atoms with Gasteiger partial charge in [0.25, 0.3) is 5.91 Å². The Bertz CT molecular complexity index is 481. The van der Waals surface area contributed by atoms with Crippen molar-refractivity contribution in [3.63, 3.8) is 0 Å². The Morgan fingerprint density at radius 1 is 1.44 bits per heavy atom. The van der Waals surface area contributed by atoms with Gasteiger partial charge in [-0.05, 0) is 31.7 Å². The van der Waals surface area contributed by atoms with Crippen LogP contribution in [0.5, 0.6) is 0 Å². The first kappa shape index (κ1) is 13.0. The molecule has 0 aliphatic heterocycles. The lowest BCUT2D eigenvalue weighted by molar-refractivity contribution is -0.118. The molecular formula is C12H15NO4S. The highest BCUT2D eigenvalue weighted by atomic mass is 32.1. The molecule has 0 radical (unpaired) electrons. The van der Waals surface area contributed by atoms with E-state index >= 15 is 0 Å². The maximum atomic E-state index is 11.9. The maximum absolute atomic E-state index is 11.9. The molecule has 0 aromatic carbocycles. The molecule has 0 fully saturated rings. The van der Waals surface area contributed by atoms with E-state index in [0.717, 1.165) is 29.7 Å². The van der Waals surface area contributed by atoms with Crippen molar-refractivity contribution < 1.29 is 19.4 Å². The molecule has 6 heteroatoms. The van der Waals surface area contributed by atoms with Gasteiger partial charge in [0.15, 0.2) is 0 Å². The molecule has 2 N–H and O–H groups in total. The Morgan fingerprint density at radius 3 is 2.89 bits per heavy atom. The lowest BCUT2D eigenvalue weighted by Crippen LogP contribution is -2.17. The number of aliphatic hydroxyl groups excluding tert-OH is 1. The Balaban J connectivity index is 2.34. The average Bonchev–Trinajstić information content (AvgIpc) is 2.88. The molecule has 0 saturated carbocycles. The zero-order valence-electron chi connectivity index (χ0n) is 10.1. The number of fused-ring (bicyclic) bond motifs is 1. The second-order valence-corrected chi connectivity index (χ2v) is 5.09. The molecule has 1 heterocycles. The first-order valence-electron chi connectivity index (χ1n) is 5.89. The van der Waals surface area contributed by atoms with E-state index in [1.54, 1.807) is 6.92 Å². The van der Waals surface area contributed by atoms with E-state index in [1.165, 1.54) is 11.3 Å². The van der Waals surface area contributed by atoms with Crippen molar-refractivity contribution >= 4 is 28.2 Å². The summed E-state index contributed by atoms with van der Waals surface area (Å²) in [5, 5.41) is 11.8. The number of esters is 1. The van der Waals surface area contributed by atoms with Gasteiger partial charge in [0.1, 0.15) is 11.6 Å². The second-order valence-electron chi connectivity index (χ2n) is 3.99. The summed E-state index contributed by atoms with van der Waals surface area (Å²) in [5.41, 5.74) is 1.46. The lowest BCUT2D eigenvalue weighted by Gasteiger charge is -2.06. The van der Waals surface area contributed by atoms with Crippen LogP contribution in [-0.2, 0) is 22.4 Å². The third kappa shape index (κ3) is 2.39. The molecule has 0 spiro atoms. The van der Waals surface area contributed by atoms with E-state index in [-0.39, 0.29) is 0 Å². The summed E-state index contributed by atoms with van der Waals surface area (Å²) >= 11 is 1.40. The average molecular weight is 269 g/mol. The number of rotatable bonds is 4. The number of thiophene rings is 1. The molecule has 98 valence electrons. The number of aryl methyl sites for hydroxylation is 1. The monoisotopic (exact) mass is 269 g/mol. The third-order valence-electron chi connectivity index (χ3n) is 2.80. The molecule has 5 nitrogen and oxygen atoms in total. The number of carbonyl (C=O) groups excluding carboxylic acids is 2. The number of amides is 1. The van der Waals surface area contributed by atoms with E-state index in [1.807, 2.05) is 0 Å². The largest absolute Gasteiger partial charge is 0.462 e. The topological polar surface area (TPSA) is 75.6 Å². The van der Waals surface area contributed by atoms with Gasteiger partial charge in [0, 0.05) is 4.88 Å². The summed E-state index contributed by atoms with van der Waals surface area (Å²) in [4.78, 5) is 24.3. The molecule has 1 amide bonds. The fourth-order valence-electron chi connectivity index (χ4n) is 2.08. The summed E-state index contributed by atoms with van der Waals surface area (Å²) in [6.07, 6.45) is 2.80. The molecule has 2 rings (SSSR count). The number of ether oxygens (including phenoxy) is 1. The van der Waals surface area contributed by atoms with E-state index in [2.05, 4.69) is 5.32 Å². The second kappa shape index (κ2) is 5.49. The molecule has 0 unspecified atom stereocenters. The van der Waals surface area contributed by atoms with Gasteiger partial charge in [-0.1, -0.05) is 0 Å². The van der Waals surface area contributed by atoms with Crippen LogP contribution in [0.2, 0.25) is 0 Å². The van der Waals surface area contributed by atoms with Crippen molar-refractivity contribution in [1.82, 2.24) is 0 Å². The number of aliphatic hydroxyl groups is 1. The standard InChI is InChI=1S/C12H15NO4S/c1-2-17-12(16)10-7-4-3-5-8(7)18-11(10)13-9(15)6-14/h14H,2-6H2,1H3,(H,13,15). The van der Waals surface area contributed by atoms with Gasteiger partial charge < -0.3 is 15.2 Å². The number of hydrogen-bond donors (Lipinski definition) is 2. The predicted molar refractivity (Wildman–Crippen MR) is 68.0 cm³/mol. The van der Waals surface area contributed by atoms with Crippen LogP contribution in [0.1, 0.15) is 34.1 Å². The van der Waals surface area contributed by atoms with Crippen LogP contribution < -0.4 is 5.32 Å². The molecule has 1 aliphatic carbocycles. The van der Waals surface area contributed by atoms with Crippen LogP contribution in [0.3, 0.4) is 0 Å². The summed E-state index contributed by atoms with van der Waals surface area (Å²) in [6.45, 7) is 1.46. The fraction of sp³-hybridized carbons (Fsp3) is 0.500. The van der Waals surface area contributed by atoms with Crippen LogP contribution in [0.25, 0.3) is 0 Å². The Labute approximate surface area is 109 Å². The fourth-order valence-corrected chi connectivity index (χ4v) is 3.37. The minimum atomic E-state index is -0.592. The minimum absolute atomic E-state index is 0.302. The lowest BCUT2D eigenvalue weighted by atomic mass is 10.1. The molecule has 1 aromatic heterocycles. The Kier molecular flexibility index (Phi) is 3.98. The molecule has 18 heavy (non-hydrogen) atoms. The van der Waals surface area contributed by atoms with Crippen LogP contribution in [0.4, 0.5) is 5.00 Å². The number of nitrogens with one attached hydrogen (secondary N) is 1. The highest BCUT2D eigenvalue weighted by Gasteiger charge is 2.28. The highest BCUT2D eigenvalue weighted by molar-refractivity contribution is 7.17. The summed E-state index contributed by atoms with van der Waals surface area (Å²) in [7, 11) is 0. The van der Waals surface area contributed by atoms with E-state index in [0.29, 0.717) is 17.2 Å². The van der Waals surface area contributed by atoms with Gasteiger partial charge >= 0.3 is 5.97 Å². The number of hydrogen-bond acceptors (Lipinski definition) is 5. The van der Waals surface area contributed by atoms with Gasteiger partial charge in [-0.3, -0.25) is 4.79 Å². The molecule has 0 saturated heterocycles. The van der Waals surface area contributed by atoms with Gasteiger partial charge in [-0.25, -0.2) is 4.79 Å². The third-order valence-corrected chi connectivity index (χ3v) is 4.00. The van der Waals surface area contributed by atoms with E-state index in [4.69, 9.17) is 9.84 Å². The quantitative estimate of drug-likeness (QED) is 0.809. The molecule has 1 aromatic rings. The number of carbonyl (C=O) groups is 2. The van der Waals surface area contributed by atoms with Crippen molar-refractivity contribution in [1.29, 1.82) is 0 Å². The van der Waals surface area contributed by atoms with Gasteiger partial charge in [0.2, 0.25) is 0 Å². The van der Waals surface area contributed by atoms with Gasteiger partial charge in [-0.15, -0.1) is 11.3 Å². The Hall–Kier alpha value is -1.40. The van der Waals surface area contributed by atoms with E-state index in [9.17, 15) is 9.59 Å². The van der Waals surface area contributed by atoms with Crippen LogP contribution >= 0.6 is 11.3 Å². The van der Waals surface area contributed by atoms with E-state index < -0.39 is 18.5 Å². The minimum Gasteiger partial charge on any atom is -0.462 e. The highest BCUT2D eigenvalue weighted by Crippen LogP contribution is 2.39. The summed E-state index contributed by atoms with van der Waals surface area (Å²) in [6, 6.07) is 0. The SMILES string of the molecule is CCOC(=O)c1c(NC(=O)CO)sc2c1CCC2. The van der Waals surface area contributed by atoms with Gasteiger partial charge in [-0.2, -0.15) is 0 Å². The normalized spacial score (nSPS) is 13.2. The predicted octanol–water partition coefficient (Wildman–Crippen LogP) is 1.34. The summed E-state index contributed by atoms with van der Waals surface area (Å²) < 4.78 is 5.02. The van der Waals surface area contributed by atoms with Crippen LogP contribution in [-0.4, -0.2) is 30.2 Å². The molecular weight excluding hydrogens is 254 g/mol. The van der Waals surface area contributed by atoms with Crippen molar-refractivity contribution in [2.24, 2.45) is 0 Å². The van der Waals surface area contributed by atoms with Crippen molar-refractivity contribution in [2.75, 3.05) is 18.5 Å². The first-order chi connectivity index (χ1) is 8.67. The first-order valence-corrected chi connectivity index (χ1v) is 6.71. The maximum Gasteiger partial charge on any atom is 0.341 e. The summed E-state index contributed by atoms with van der Waals surface area (Å²) in [5.74, 6) is -0.911. The van der Waals surface area contributed by atoms with Crippen LogP contribution in [0, 0.1) is 0 Å². The van der Waals surface area contributed by atoms with Crippen molar-refractivity contribution in [2.45, 2.75) is 26.2 Å².